The summed E-state index contributed by atoms with van der Waals surface area (Å²) < 4.78 is 29.4. The summed E-state index contributed by atoms with van der Waals surface area (Å²) in [5, 5.41) is 1.32. The molecule has 0 radical (unpaired) electrons. The molecule has 0 saturated carbocycles. The van der Waals surface area contributed by atoms with Crippen LogP contribution < -0.4 is 0 Å². The second-order valence-corrected chi connectivity index (χ2v) is 9.69. The maximum Gasteiger partial charge on any atom is 0.256 e. The van der Waals surface area contributed by atoms with Crippen molar-refractivity contribution < 1.29 is 17.6 Å². The molecule has 8 heteroatoms. The average molecular weight is 419 g/mol. The van der Waals surface area contributed by atoms with Gasteiger partial charge >= 0.3 is 0 Å². The van der Waals surface area contributed by atoms with Crippen molar-refractivity contribution in [3.63, 3.8) is 0 Å². The summed E-state index contributed by atoms with van der Waals surface area (Å²) >= 11 is 6.08. The third-order valence-electron chi connectivity index (χ3n) is 5.01. The van der Waals surface area contributed by atoms with E-state index in [0.717, 1.165) is 10.9 Å². The summed E-state index contributed by atoms with van der Waals surface area (Å²) in [5.74, 6) is 0.396. The standard InChI is InChI=1S/C20H19ClN2O4S/c1-13-18(10-14-9-15(21)4-5-19(14)22-13)20(24)23(11-17-3-2-7-27-17)16-6-8-28(25,26)12-16/h2-5,7,9-10,16H,6,8,11-12H2,1H3. The molecule has 1 amide bonds. The van der Waals surface area contributed by atoms with E-state index in [4.69, 9.17) is 16.0 Å². The Morgan fingerprint density at radius 1 is 1.32 bits per heavy atom. The minimum absolute atomic E-state index is 0.0364. The minimum atomic E-state index is -3.14. The van der Waals surface area contributed by atoms with Gasteiger partial charge in [0, 0.05) is 16.5 Å². The first-order valence-corrected chi connectivity index (χ1v) is 11.1. The predicted octanol–water partition coefficient (Wildman–Crippen LogP) is 3.62. The number of sulfone groups is 1. The Bertz CT molecular complexity index is 1140. The number of rotatable bonds is 4. The highest BCUT2D eigenvalue weighted by molar-refractivity contribution is 7.91. The van der Waals surface area contributed by atoms with Crippen molar-refractivity contribution >= 4 is 38.2 Å². The lowest BCUT2D eigenvalue weighted by atomic mass is 10.1. The Morgan fingerprint density at radius 3 is 2.82 bits per heavy atom. The Hall–Kier alpha value is -2.38. The molecule has 0 bridgehead atoms. The normalized spacial score (nSPS) is 18.4. The van der Waals surface area contributed by atoms with Crippen LogP contribution in [0.2, 0.25) is 5.02 Å². The first-order chi connectivity index (χ1) is 13.3. The molecule has 146 valence electrons. The van der Waals surface area contributed by atoms with Crippen LogP contribution in [-0.2, 0) is 16.4 Å². The molecule has 3 heterocycles. The van der Waals surface area contributed by atoms with E-state index in [-0.39, 0.29) is 24.0 Å². The van der Waals surface area contributed by atoms with Crippen LogP contribution in [0.5, 0.6) is 0 Å². The van der Waals surface area contributed by atoms with E-state index in [1.807, 2.05) is 6.07 Å². The highest BCUT2D eigenvalue weighted by Crippen LogP contribution is 2.26. The Morgan fingerprint density at radius 2 is 2.14 bits per heavy atom. The molecule has 2 aromatic heterocycles. The molecule has 1 fully saturated rings. The molecule has 1 aromatic carbocycles. The fourth-order valence-corrected chi connectivity index (χ4v) is 5.48. The van der Waals surface area contributed by atoms with Crippen molar-refractivity contribution in [3.8, 4) is 0 Å². The number of carbonyl (C=O) groups excluding carboxylic acids is 1. The molecule has 0 N–H and O–H groups in total. The third kappa shape index (κ3) is 3.77. The van der Waals surface area contributed by atoms with Gasteiger partial charge in [0.05, 0.1) is 41.1 Å². The molecule has 1 unspecified atom stereocenters. The van der Waals surface area contributed by atoms with Crippen LogP contribution in [0.1, 0.15) is 28.2 Å². The van der Waals surface area contributed by atoms with Crippen molar-refractivity contribution in [2.75, 3.05) is 11.5 Å². The fraction of sp³-hybridized carbons (Fsp3) is 0.300. The van der Waals surface area contributed by atoms with Gasteiger partial charge in [-0.1, -0.05) is 11.6 Å². The zero-order chi connectivity index (χ0) is 19.9. The molecular weight excluding hydrogens is 400 g/mol. The molecule has 0 aliphatic carbocycles. The Labute approximate surface area is 168 Å². The molecule has 4 rings (SSSR count). The van der Waals surface area contributed by atoms with Gasteiger partial charge < -0.3 is 9.32 Å². The topological polar surface area (TPSA) is 80.5 Å². The van der Waals surface area contributed by atoms with Crippen LogP contribution in [-0.4, -0.2) is 41.8 Å². The van der Waals surface area contributed by atoms with Crippen molar-refractivity contribution in [2.24, 2.45) is 0 Å². The molecule has 1 aliphatic heterocycles. The first-order valence-electron chi connectivity index (χ1n) is 8.93. The van der Waals surface area contributed by atoms with E-state index < -0.39 is 15.9 Å². The van der Waals surface area contributed by atoms with E-state index in [1.165, 1.54) is 6.26 Å². The van der Waals surface area contributed by atoms with Crippen molar-refractivity contribution in [1.82, 2.24) is 9.88 Å². The summed E-state index contributed by atoms with van der Waals surface area (Å²) in [6.07, 6.45) is 1.95. The number of aromatic nitrogens is 1. The molecule has 1 saturated heterocycles. The minimum Gasteiger partial charge on any atom is -0.467 e. The number of fused-ring (bicyclic) bond motifs is 1. The molecule has 0 spiro atoms. The summed E-state index contributed by atoms with van der Waals surface area (Å²) in [4.78, 5) is 19.5. The van der Waals surface area contributed by atoms with Gasteiger partial charge in [0.2, 0.25) is 0 Å². The van der Waals surface area contributed by atoms with E-state index in [1.54, 1.807) is 42.2 Å². The SMILES string of the molecule is Cc1nc2ccc(Cl)cc2cc1C(=O)N(Cc1ccco1)C1CCS(=O)(=O)C1. The number of pyridine rings is 1. The summed E-state index contributed by atoms with van der Waals surface area (Å²) in [7, 11) is -3.14. The molecule has 3 aromatic rings. The monoisotopic (exact) mass is 418 g/mol. The number of halogens is 1. The van der Waals surface area contributed by atoms with Crippen LogP contribution in [0.3, 0.4) is 0 Å². The molecule has 28 heavy (non-hydrogen) atoms. The lowest BCUT2D eigenvalue weighted by Gasteiger charge is -2.28. The number of benzene rings is 1. The maximum atomic E-state index is 13.4. The van der Waals surface area contributed by atoms with Gasteiger partial charge in [-0.25, -0.2) is 8.42 Å². The van der Waals surface area contributed by atoms with Crippen LogP contribution in [0.4, 0.5) is 0 Å². The number of furan rings is 1. The highest BCUT2D eigenvalue weighted by Gasteiger charge is 2.36. The Kier molecular flexibility index (Phi) is 4.89. The highest BCUT2D eigenvalue weighted by atomic mass is 35.5. The van der Waals surface area contributed by atoms with E-state index in [2.05, 4.69) is 4.98 Å². The summed E-state index contributed by atoms with van der Waals surface area (Å²) in [5.41, 5.74) is 1.77. The molecule has 1 atom stereocenters. The fourth-order valence-electron chi connectivity index (χ4n) is 3.57. The maximum absolute atomic E-state index is 13.4. The van der Waals surface area contributed by atoms with Gasteiger partial charge in [0.25, 0.3) is 5.91 Å². The van der Waals surface area contributed by atoms with Crippen molar-refractivity contribution in [1.29, 1.82) is 0 Å². The lowest BCUT2D eigenvalue weighted by Crippen LogP contribution is -2.41. The van der Waals surface area contributed by atoms with Crippen LogP contribution in [0.15, 0.2) is 47.1 Å². The van der Waals surface area contributed by atoms with Gasteiger partial charge in [-0.15, -0.1) is 0 Å². The van der Waals surface area contributed by atoms with Crippen LogP contribution in [0, 0.1) is 6.92 Å². The first kappa shape index (κ1) is 19.0. The van der Waals surface area contributed by atoms with Gasteiger partial charge in [-0.3, -0.25) is 9.78 Å². The van der Waals surface area contributed by atoms with Crippen molar-refractivity contribution in [3.05, 3.63) is 64.7 Å². The van der Waals surface area contributed by atoms with E-state index >= 15 is 0 Å². The molecule has 1 aliphatic rings. The smallest absolute Gasteiger partial charge is 0.256 e. The van der Waals surface area contributed by atoms with Gasteiger partial charge in [-0.05, 0) is 49.7 Å². The number of nitrogens with zero attached hydrogens (tertiary/aromatic N) is 2. The van der Waals surface area contributed by atoms with Crippen LogP contribution >= 0.6 is 11.6 Å². The number of hydrogen-bond donors (Lipinski definition) is 0. The number of hydrogen-bond acceptors (Lipinski definition) is 5. The average Bonchev–Trinajstić information content (AvgIpc) is 3.28. The number of carbonyl (C=O) groups is 1. The second-order valence-electron chi connectivity index (χ2n) is 7.03. The van der Waals surface area contributed by atoms with Crippen molar-refractivity contribution in [2.45, 2.75) is 25.9 Å². The molecular formula is C20H19ClN2O4S. The second kappa shape index (κ2) is 7.22. The van der Waals surface area contributed by atoms with E-state index in [0.29, 0.717) is 28.5 Å². The number of aryl methyl sites for hydroxylation is 1. The van der Waals surface area contributed by atoms with E-state index in [9.17, 15) is 13.2 Å². The quantitative estimate of drug-likeness (QED) is 0.646. The van der Waals surface area contributed by atoms with Gasteiger partial charge in [0.15, 0.2) is 9.84 Å². The Balaban J connectivity index is 1.74. The summed E-state index contributed by atoms with van der Waals surface area (Å²) in [6.45, 7) is 1.98. The van der Waals surface area contributed by atoms with Gasteiger partial charge in [0.1, 0.15) is 5.76 Å². The zero-order valence-electron chi connectivity index (χ0n) is 15.3. The predicted molar refractivity (Wildman–Crippen MR) is 107 cm³/mol. The van der Waals surface area contributed by atoms with Crippen LogP contribution in [0.25, 0.3) is 10.9 Å². The van der Waals surface area contributed by atoms with Gasteiger partial charge in [-0.2, -0.15) is 0 Å². The molecule has 6 nitrogen and oxygen atoms in total. The summed E-state index contributed by atoms with van der Waals surface area (Å²) in [6, 6.07) is 10.2. The third-order valence-corrected chi connectivity index (χ3v) is 7.00. The lowest BCUT2D eigenvalue weighted by molar-refractivity contribution is 0.0665. The largest absolute Gasteiger partial charge is 0.467 e. The zero-order valence-corrected chi connectivity index (χ0v) is 16.8. The number of amides is 1.